The second-order valence-electron chi connectivity index (χ2n) is 3.57. The molecular formula is C9H22N4O3S. The highest BCUT2D eigenvalue weighted by atomic mass is 32.2. The summed E-state index contributed by atoms with van der Waals surface area (Å²) in [5.41, 5.74) is 5.22. The molecule has 8 heteroatoms. The molecule has 0 fully saturated rings. The fraction of sp³-hybridized carbons (Fsp3) is 0.889. The maximum Gasteiger partial charge on any atom is 0.279 e. The lowest BCUT2D eigenvalue weighted by atomic mass is 10.4. The first-order valence-corrected chi connectivity index (χ1v) is 6.94. The van der Waals surface area contributed by atoms with Gasteiger partial charge >= 0.3 is 0 Å². The molecule has 0 radical (unpaired) electrons. The number of hydrogen-bond donors (Lipinski definition) is 3. The van der Waals surface area contributed by atoms with Gasteiger partial charge in [0.25, 0.3) is 10.2 Å². The van der Waals surface area contributed by atoms with E-state index in [1.54, 1.807) is 0 Å². The van der Waals surface area contributed by atoms with E-state index in [9.17, 15) is 8.42 Å². The Hall–Kier alpha value is -0.700. The first-order valence-electron chi connectivity index (χ1n) is 5.50. The summed E-state index contributed by atoms with van der Waals surface area (Å²) in [7, 11) is -1.99. The zero-order chi connectivity index (χ0) is 13.3. The number of amidine groups is 1. The number of rotatable bonds is 10. The third-order valence-electron chi connectivity index (χ3n) is 2.05. The third kappa shape index (κ3) is 7.27. The summed E-state index contributed by atoms with van der Waals surface area (Å²) < 4.78 is 32.3. The maximum atomic E-state index is 11.9. The molecule has 0 aliphatic rings. The van der Waals surface area contributed by atoms with Gasteiger partial charge in [-0.1, -0.05) is 6.92 Å². The quantitative estimate of drug-likeness (QED) is 0.366. The van der Waals surface area contributed by atoms with Crippen LogP contribution >= 0.6 is 0 Å². The van der Waals surface area contributed by atoms with E-state index in [0.29, 0.717) is 13.2 Å². The van der Waals surface area contributed by atoms with Crippen LogP contribution in [-0.4, -0.2) is 51.9 Å². The largest absolute Gasteiger partial charge is 0.388 e. The van der Waals surface area contributed by atoms with E-state index in [1.165, 1.54) is 11.4 Å². The van der Waals surface area contributed by atoms with Gasteiger partial charge in [0.1, 0.15) is 0 Å². The standard InChI is InChI=1S/C9H22N4O3S/c1-3-5-12-17(14,15)13(7-8-16-2)6-4-9(10)11/h12H,3-8H2,1-2H3,(H3,10,11). The zero-order valence-electron chi connectivity index (χ0n) is 10.4. The summed E-state index contributed by atoms with van der Waals surface area (Å²) in [6.07, 6.45) is 0.945. The lowest BCUT2D eigenvalue weighted by molar-refractivity contribution is 0.179. The average Bonchev–Trinajstić information content (AvgIpc) is 2.25. The Bertz CT molecular complexity index is 318. The van der Waals surface area contributed by atoms with E-state index in [1.807, 2.05) is 6.92 Å². The molecular weight excluding hydrogens is 244 g/mol. The number of nitrogens with one attached hydrogen (secondary N) is 2. The number of methoxy groups -OCH3 is 1. The van der Waals surface area contributed by atoms with Crippen LogP contribution in [0.2, 0.25) is 0 Å². The lowest BCUT2D eigenvalue weighted by Crippen LogP contribution is -2.43. The molecule has 0 rings (SSSR count). The molecule has 0 aliphatic heterocycles. The number of ether oxygens (including phenoxy) is 1. The molecule has 0 amide bonds. The molecule has 0 spiro atoms. The Labute approximate surface area is 103 Å². The van der Waals surface area contributed by atoms with Crippen LogP contribution < -0.4 is 10.5 Å². The highest BCUT2D eigenvalue weighted by Crippen LogP contribution is 2.00. The average molecular weight is 266 g/mol. The third-order valence-corrected chi connectivity index (χ3v) is 3.66. The minimum Gasteiger partial charge on any atom is -0.388 e. The molecule has 17 heavy (non-hydrogen) atoms. The van der Waals surface area contributed by atoms with E-state index in [0.717, 1.165) is 6.42 Å². The van der Waals surface area contributed by atoms with E-state index in [-0.39, 0.29) is 25.3 Å². The first kappa shape index (κ1) is 16.3. The van der Waals surface area contributed by atoms with Crippen molar-refractivity contribution in [2.45, 2.75) is 19.8 Å². The predicted molar refractivity (Wildman–Crippen MR) is 67.2 cm³/mol. The van der Waals surface area contributed by atoms with Gasteiger partial charge in [0, 0.05) is 33.2 Å². The summed E-state index contributed by atoms with van der Waals surface area (Å²) in [5.74, 6) is -0.0295. The molecule has 7 nitrogen and oxygen atoms in total. The molecule has 0 atom stereocenters. The van der Waals surface area contributed by atoms with Crippen molar-refractivity contribution in [1.29, 1.82) is 5.41 Å². The van der Waals surface area contributed by atoms with Crippen LogP contribution in [0.25, 0.3) is 0 Å². The van der Waals surface area contributed by atoms with Crippen molar-refractivity contribution in [2.75, 3.05) is 33.4 Å². The second kappa shape index (κ2) is 8.40. The van der Waals surface area contributed by atoms with Crippen LogP contribution in [0.1, 0.15) is 19.8 Å². The smallest absolute Gasteiger partial charge is 0.279 e. The highest BCUT2D eigenvalue weighted by Gasteiger charge is 2.20. The number of nitrogens with zero attached hydrogens (tertiary/aromatic N) is 1. The van der Waals surface area contributed by atoms with Crippen LogP contribution in [0.4, 0.5) is 0 Å². The summed E-state index contributed by atoms with van der Waals surface area (Å²) in [6.45, 7) is 3.04. The van der Waals surface area contributed by atoms with Crippen LogP contribution in [0.3, 0.4) is 0 Å². The van der Waals surface area contributed by atoms with Crippen LogP contribution in [-0.2, 0) is 14.9 Å². The van der Waals surface area contributed by atoms with Crippen molar-refractivity contribution in [3.63, 3.8) is 0 Å². The summed E-state index contributed by atoms with van der Waals surface area (Å²) in [5, 5.41) is 7.11. The van der Waals surface area contributed by atoms with Gasteiger partial charge in [-0.3, -0.25) is 5.41 Å². The van der Waals surface area contributed by atoms with E-state index >= 15 is 0 Å². The Morgan fingerprint density at radius 1 is 1.47 bits per heavy atom. The Morgan fingerprint density at radius 3 is 2.59 bits per heavy atom. The highest BCUT2D eigenvalue weighted by molar-refractivity contribution is 7.87. The fourth-order valence-electron chi connectivity index (χ4n) is 1.11. The molecule has 0 saturated carbocycles. The van der Waals surface area contributed by atoms with Crippen molar-refractivity contribution < 1.29 is 13.2 Å². The Balaban J connectivity index is 4.47. The molecule has 0 bridgehead atoms. The van der Waals surface area contributed by atoms with Crippen molar-refractivity contribution in [1.82, 2.24) is 9.03 Å². The normalized spacial score (nSPS) is 11.9. The molecule has 4 N–H and O–H groups in total. The zero-order valence-corrected chi connectivity index (χ0v) is 11.2. The molecule has 0 unspecified atom stereocenters. The molecule has 0 aliphatic carbocycles. The van der Waals surface area contributed by atoms with Crippen LogP contribution in [0.15, 0.2) is 0 Å². The van der Waals surface area contributed by atoms with Crippen molar-refractivity contribution in [3.8, 4) is 0 Å². The summed E-state index contributed by atoms with van der Waals surface area (Å²) in [6, 6.07) is 0. The van der Waals surface area contributed by atoms with Gasteiger partial charge in [-0.05, 0) is 6.42 Å². The minimum atomic E-state index is -3.50. The van der Waals surface area contributed by atoms with Crippen molar-refractivity contribution >= 4 is 16.0 Å². The molecule has 0 aromatic heterocycles. The maximum absolute atomic E-state index is 11.9. The number of nitrogens with two attached hydrogens (primary N) is 1. The topological polar surface area (TPSA) is 109 Å². The number of hydrogen-bond acceptors (Lipinski definition) is 4. The van der Waals surface area contributed by atoms with E-state index in [2.05, 4.69) is 4.72 Å². The van der Waals surface area contributed by atoms with E-state index < -0.39 is 10.2 Å². The molecule has 0 heterocycles. The van der Waals surface area contributed by atoms with Gasteiger partial charge < -0.3 is 10.5 Å². The SMILES string of the molecule is CCCNS(=O)(=O)N(CCOC)CCC(=N)N. The predicted octanol–water partition coefficient (Wildman–Crippen LogP) is -0.495. The monoisotopic (exact) mass is 266 g/mol. The molecule has 0 aromatic rings. The summed E-state index contributed by atoms with van der Waals surface area (Å²) >= 11 is 0. The van der Waals surface area contributed by atoms with E-state index in [4.69, 9.17) is 15.9 Å². The van der Waals surface area contributed by atoms with Crippen LogP contribution in [0.5, 0.6) is 0 Å². The molecule has 0 aromatic carbocycles. The van der Waals surface area contributed by atoms with Crippen molar-refractivity contribution in [2.24, 2.45) is 5.73 Å². The van der Waals surface area contributed by atoms with Gasteiger partial charge in [0.2, 0.25) is 0 Å². The first-order chi connectivity index (χ1) is 7.94. The second-order valence-corrected chi connectivity index (χ2v) is 5.32. The van der Waals surface area contributed by atoms with Gasteiger partial charge in [-0.25, -0.2) is 4.72 Å². The Kier molecular flexibility index (Phi) is 8.05. The summed E-state index contributed by atoms with van der Waals surface area (Å²) in [4.78, 5) is 0. The molecule has 102 valence electrons. The minimum absolute atomic E-state index is 0.0295. The van der Waals surface area contributed by atoms with Gasteiger partial charge in [0.15, 0.2) is 0 Å². The Morgan fingerprint density at radius 2 is 2.12 bits per heavy atom. The van der Waals surface area contributed by atoms with Gasteiger partial charge in [-0.2, -0.15) is 12.7 Å². The van der Waals surface area contributed by atoms with Gasteiger partial charge in [-0.15, -0.1) is 0 Å². The lowest BCUT2D eigenvalue weighted by Gasteiger charge is -2.21. The fourth-order valence-corrected chi connectivity index (χ4v) is 2.40. The van der Waals surface area contributed by atoms with Gasteiger partial charge in [0.05, 0.1) is 12.4 Å². The van der Waals surface area contributed by atoms with Crippen molar-refractivity contribution in [3.05, 3.63) is 0 Å². The van der Waals surface area contributed by atoms with Crippen LogP contribution in [0, 0.1) is 5.41 Å². The molecule has 0 saturated heterocycles.